The van der Waals surface area contributed by atoms with Crippen LogP contribution >= 0.6 is 15.9 Å². The van der Waals surface area contributed by atoms with E-state index >= 15 is 0 Å². The normalized spacial score (nSPS) is 12.2. The molecule has 6 nitrogen and oxygen atoms in total. The lowest BCUT2D eigenvalue weighted by molar-refractivity contribution is 0.0698. The van der Waals surface area contributed by atoms with E-state index < -0.39 is 12.1 Å². The van der Waals surface area contributed by atoms with Crippen molar-refractivity contribution in [3.05, 3.63) is 82.1 Å². The third-order valence-corrected chi connectivity index (χ3v) is 5.12. The number of carbonyl (C=O) groups excluding carboxylic acids is 1. The molecule has 7 heteroatoms. The first-order valence-corrected chi connectivity index (χ1v) is 9.34. The molecule has 2 aromatic carbocycles. The van der Waals surface area contributed by atoms with Gasteiger partial charge >= 0.3 is 12.1 Å². The molecule has 2 N–H and O–H groups in total. The second-order valence-corrected chi connectivity index (χ2v) is 7.12. The van der Waals surface area contributed by atoms with Crippen LogP contribution in [0.5, 0.6) is 0 Å². The summed E-state index contributed by atoms with van der Waals surface area (Å²) in [4.78, 5) is 27.6. The van der Waals surface area contributed by atoms with Gasteiger partial charge in [0.25, 0.3) is 0 Å². The van der Waals surface area contributed by atoms with Crippen LogP contribution < -0.4 is 5.32 Å². The fourth-order valence-electron chi connectivity index (χ4n) is 3.45. The molecule has 0 saturated carbocycles. The first-order chi connectivity index (χ1) is 13.5. The van der Waals surface area contributed by atoms with E-state index in [1.807, 2.05) is 36.4 Å². The molecule has 0 atom stereocenters. The summed E-state index contributed by atoms with van der Waals surface area (Å²) in [5, 5.41) is 11.7. The Kier molecular flexibility index (Phi) is 4.83. The zero-order chi connectivity index (χ0) is 19.7. The Bertz CT molecular complexity index is 1040. The van der Waals surface area contributed by atoms with Gasteiger partial charge in [0, 0.05) is 5.92 Å². The first kappa shape index (κ1) is 18.2. The van der Waals surface area contributed by atoms with Crippen LogP contribution in [0.25, 0.3) is 11.1 Å². The second kappa shape index (κ2) is 7.44. The number of carboxylic acids is 1. The maximum absolute atomic E-state index is 12.3. The standard InChI is InChI=1S/C21H15BrN2O4/c22-19-9-16(20(25)26)18(10-23-19)24-21(27)28-11-17-14-7-3-1-5-12(14)13-6-2-4-8-15(13)17/h1-10,17H,11H2,(H,24,27)(H,25,26). The first-order valence-electron chi connectivity index (χ1n) is 8.55. The number of anilines is 1. The van der Waals surface area contributed by atoms with Gasteiger partial charge < -0.3 is 9.84 Å². The van der Waals surface area contributed by atoms with Crippen molar-refractivity contribution in [3.63, 3.8) is 0 Å². The van der Waals surface area contributed by atoms with Crippen LogP contribution in [-0.2, 0) is 4.74 Å². The number of hydrogen-bond acceptors (Lipinski definition) is 4. The minimum Gasteiger partial charge on any atom is -0.478 e. The van der Waals surface area contributed by atoms with Gasteiger partial charge in [-0.05, 0) is 44.3 Å². The number of pyridine rings is 1. The van der Waals surface area contributed by atoms with Gasteiger partial charge in [0.15, 0.2) is 0 Å². The average molecular weight is 439 g/mol. The monoisotopic (exact) mass is 438 g/mol. The number of amides is 1. The molecular formula is C21H15BrN2O4. The summed E-state index contributed by atoms with van der Waals surface area (Å²) >= 11 is 3.12. The van der Waals surface area contributed by atoms with Crippen molar-refractivity contribution in [2.24, 2.45) is 0 Å². The van der Waals surface area contributed by atoms with Gasteiger partial charge in [-0.3, -0.25) is 5.32 Å². The minimum atomic E-state index is -1.17. The molecule has 140 valence electrons. The number of fused-ring (bicyclic) bond motifs is 3. The molecule has 0 unspecified atom stereocenters. The highest BCUT2D eigenvalue weighted by Crippen LogP contribution is 2.44. The molecule has 4 rings (SSSR count). The van der Waals surface area contributed by atoms with Crippen molar-refractivity contribution in [3.8, 4) is 11.1 Å². The van der Waals surface area contributed by atoms with E-state index in [0.717, 1.165) is 22.3 Å². The zero-order valence-electron chi connectivity index (χ0n) is 14.6. The summed E-state index contributed by atoms with van der Waals surface area (Å²) in [5.74, 6) is -1.24. The lowest BCUT2D eigenvalue weighted by Crippen LogP contribution is -2.19. The summed E-state index contributed by atoms with van der Waals surface area (Å²) in [5.41, 5.74) is 4.49. The Hall–Kier alpha value is -3.19. The molecule has 1 aromatic heterocycles. The SMILES string of the molecule is O=C(Nc1cnc(Br)cc1C(=O)O)OCC1c2ccccc2-c2ccccc21. The predicted octanol–water partition coefficient (Wildman–Crippen LogP) is 4.90. The summed E-state index contributed by atoms with van der Waals surface area (Å²) in [6.07, 6.45) is 0.545. The van der Waals surface area contributed by atoms with Crippen molar-refractivity contribution in [2.75, 3.05) is 11.9 Å². The Morgan fingerprint density at radius 1 is 1.07 bits per heavy atom. The van der Waals surface area contributed by atoms with Crippen molar-refractivity contribution >= 4 is 33.7 Å². The van der Waals surface area contributed by atoms with Crippen LogP contribution in [0.3, 0.4) is 0 Å². The number of benzene rings is 2. The largest absolute Gasteiger partial charge is 0.478 e. The number of aromatic nitrogens is 1. The van der Waals surface area contributed by atoms with Crippen LogP contribution in [-0.4, -0.2) is 28.8 Å². The Balaban J connectivity index is 1.51. The molecule has 0 saturated heterocycles. The number of carboxylic acid groups (broad SMARTS) is 1. The van der Waals surface area contributed by atoms with E-state index in [4.69, 9.17) is 4.74 Å². The highest BCUT2D eigenvalue weighted by Gasteiger charge is 2.29. The molecule has 1 heterocycles. The Labute approximate surface area is 169 Å². The van der Waals surface area contributed by atoms with Crippen molar-refractivity contribution < 1.29 is 19.4 Å². The number of nitrogens with zero attached hydrogens (tertiary/aromatic N) is 1. The average Bonchev–Trinajstić information content (AvgIpc) is 3.01. The Morgan fingerprint density at radius 2 is 1.68 bits per heavy atom. The molecule has 0 bridgehead atoms. The molecule has 0 fully saturated rings. The molecule has 1 aliphatic carbocycles. The van der Waals surface area contributed by atoms with Crippen molar-refractivity contribution in [2.45, 2.75) is 5.92 Å². The molecule has 0 radical (unpaired) electrons. The van der Waals surface area contributed by atoms with E-state index in [0.29, 0.717) is 4.60 Å². The summed E-state index contributed by atoms with van der Waals surface area (Å²) < 4.78 is 5.79. The number of hydrogen-bond donors (Lipinski definition) is 2. The molecule has 1 aliphatic rings. The van der Waals surface area contributed by atoms with Gasteiger partial charge in [-0.25, -0.2) is 14.6 Å². The van der Waals surface area contributed by atoms with Gasteiger partial charge in [0.05, 0.1) is 17.4 Å². The number of nitrogens with one attached hydrogen (secondary N) is 1. The lowest BCUT2D eigenvalue weighted by atomic mass is 9.98. The number of carbonyl (C=O) groups is 2. The molecule has 28 heavy (non-hydrogen) atoms. The Morgan fingerprint density at radius 3 is 2.29 bits per heavy atom. The predicted molar refractivity (Wildman–Crippen MR) is 108 cm³/mol. The second-order valence-electron chi connectivity index (χ2n) is 6.31. The van der Waals surface area contributed by atoms with E-state index in [1.54, 1.807) is 0 Å². The van der Waals surface area contributed by atoms with Crippen LogP contribution in [0.1, 0.15) is 27.4 Å². The number of ether oxygens (including phenoxy) is 1. The smallest absolute Gasteiger partial charge is 0.411 e. The van der Waals surface area contributed by atoms with E-state index in [9.17, 15) is 14.7 Å². The van der Waals surface area contributed by atoms with Gasteiger partial charge in [-0.1, -0.05) is 48.5 Å². The highest BCUT2D eigenvalue weighted by molar-refractivity contribution is 9.10. The number of rotatable bonds is 4. The maximum atomic E-state index is 12.3. The summed E-state index contributed by atoms with van der Waals surface area (Å²) in [6.45, 7) is 0.145. The highest BCUT2D eigenvalue weighted by atomic mass is 79.9. The fourth-order valence-corrected chi connectivity index (χ4v) is 3.78. The summed E-state index contributed by atoms with van der Waals surface area (Å²) in [7, 11) is 0. The van der Waals surface area contributed by atoms with Gasteiger partial charge in [0.2, 0.25) is 0 Å². The van der Waals surface area contributed by atoms with Crippen molar-refractivity contribution in [1.82, 2.24) is 4.98 Å². The van der Waals surface area contributed by atoms with Crippen LogP contribution in [0.4, 0.5) is 10.5 Å². The quantitative estimate of drug-likeness (QED) is 0.565. The molecule has 0 spiro atoms. The lowest BCUT2D eigenvalue weighted by Gasteiger charge is -2.15. The zero-order valence-corrected chi connectivity index (χ0v) is 16.1. The molecule has 0 aliphatic heterocycles. The minimum absolute atomic E-state index is 0.0693. The van der Waals surface area contributed by atoms with Crippen LogP contribution in [0.2, 0.25) is 0 Å². The third-order valence-electron chi connectivity index (χ3n) is 4.68. The van der Waals surface area contributed by atoms with Crippen molar-refractivity contribution in [1.29, 1.82) is 0 Å². The molecule has 1 amide bonds. The van der Waals surface area contributed by atoms with Gasteiger partial charge in [-0.2, -0.15) is 0 Å². The van der Waals surface area contributed by atoms with Crippen LogP contribution in [0, 0.1) is 0 Å². The van der Waals surface area contributed by atoms with Gasteiger partial charge in [0.1, 0.15) is 11.2 Å². The van der Waals surface area contributed by atoms with E-state index in [-0.39, 0.29) is 23.8 Å². The van der Waals surface area contributed by atoms with E-state index in [2.05, 4.69) is 38.4 Å². The van der Waals surface area contributed by atoms with Crippen LogP contribution in [0.15, 0.2) is 65.4 Å². The van der Waals surface area contributed by atoms with Gasteiger partial charge in [-0.15, -0.1) is 0 Å². The number of halogens is 1. The number of aromatic carboxylic acids is 1. The fraction of sp³-hybridized carbons (Fsp3) is 0.0952. The maximum Gasteiger partial charge on any atom is 0.411 e. The summed E-state index contributed by atoms with van der Waals surface area (Å²) in [6, 6.07) is 17.4. The molecular weight excluding hydrogens is 424 g/mol. The topological polar surface area (TPSA) is 88.5 Å². The third kappa shape index (κ3) is 3.36. The van der Waals surface area contributed by atoms with E-state index in [1.165, 1.54) is 12.3 Å². The molecule has 3 aromatic rings.